The van der Waals surface area contributed by atoms with Gasteiger partial charge in [0.2, 0.25) is 10.0 Å². The minimum Gasteiger partial charge on any atom is -0.355 e. The zero-order chi connectivity index (χ0) is 17.7. The monoisotopic (exact) mass is 501 g/mol. The minimum atomic E-state index is -3.14. The van der Waals surface area contributed by atoms with Gasteiger partial charge in [-0.3, -0.25) is 4.99 Å². The summed E-state index contributed by atoms with van der Waals surface area (Å²) in [5, 5.41) is 9.56. The molecule has 0 aromatic carbocycles. The van der Waals surface area contributed by atoms with Crippen molar-refractivity contribution in [1.82, 2.24) is 19.9 Å². The number of aromatic nitrogens is 1. The van der Waals surface area contributed by atoms with Crippen LogP contribution < -0.4 is 10.6 Å². The summed E-state index contributed by atoms with van der Waals surface area (Å²) in [6, 6.07) is -0.00837. The third-order valence-electron chi connectivity index (χ3n) is 4.05. The number of aliphatic imine (C=N–C) groups is 1. The van der Waals surface area contributed by atoms with Crippen LogP contribution in [0.4, 0.5) is 0 Å². The first-order chi connectivity index (χ1) is 11.3. The van der Waals surface area contributed by atoms with Gasteiger partial charge in [-0.05, 0) is 18.8 Å². The maximum atomic E-state index is 11.8. The Morgan fingerprint density at radius 2 is 2.20 bits per heavy atom. The van der Waals surface area contributed by atoms with Gasteiger partial charge in [0.15, 0.2) is 5.96 Å². The second kappa shape index (κ2) is 10.0. The van der Waals surface area contributed by atoms with Gasteiger partial charge in [-0.1, -0.05) is 13.8 Å². The van der Waals surface area contributed by atoms with Crippen molar-refractivity contribution in [3.8, 4) is 0 Å². The molecule has 0 unspecified atom stereocenters. The SMILES string of the molecule is CN=C(NCc1nc(C(C)C)cs1)NC[C@H]1CCCN1S(C)(=O)=O.I. The van der Waals surface area contributed by atoms with Gasteiger partial charge in [0, 0.05) is 31.6 Å². The summed E-state index contributed by atoms with van der Waals surface area (Å²) in [6.07, 6.45) is 3.05. The zero-order valence-electron chi connectivity index (χ0n) is 15.2. The molecule has 0 aliphatic carbocycles. The van der Waals surface area contributed by atoms with Gasteiger partial charge in [0.1, 0.15) is 5.01 Å². The molecule has 0 spiro atoms. The standard InChI is InChI=1S/C15H27N5O2S2.HI/c1-11(2)13-10-23-14(19-13)9-18-15(16-3)17-8-12-6-5-7-20(12)24(4,21)22;/h10-12H,5-9H2,1-4H3,(H2,16,17,18);1H/t12-;/m1./s1. The molecular weight excluding hydrogens is 473 g/mol. The van der Waals surface area contributed by atoms with E-state index in [0.29, 0.717) is 31.5 Å². The highest BCUT2D eigenvalue weighted by molar-refractivity contribution is 14.0. The van der Waals surface area contributed by atoms with Crippen molar-refractivity contribution in [2.75, 3.05) is 26.4 Å². The first-order valence-electron chi connectivity index (χ1n) is 8.17. The molecule has 25 heavy (non-hydrogen) atoms. The maximum absolute atomic E-state index is 11.8. The number of hydrogen-bond acceptors (Lipinski definition) is 5. The zero-order valence-corrected chi connectivity index (χ0v) is 19.1. The Bertz CT molecular complexity index is 675. The average Bonchev–Trinajstić information content (AvgIpc) is 3.15. The molecule has 0 radical (unpaired) electrons. The van der Waals surface area contributed by atoms with Gasteiger partial charge in [-0.2, -0.15) is 4.31 Å². The molecule has 10 heteroatoms. The molecule has 1 aliphatic heterocycles. The van der Waals surface area contributed by atoms with E-state index in [1.807, 2.05) is 0 Å². The van der Waals surface area contributed by atoms with E-state index in [2.05, 4.69) is 39.8 Å². The molecule has 2 rings (SSSR count). The topological polar surface area (TPSA) is 86.7 Å². The second-order valence-corrected chi connectivity index (χ2v) is 9.17. The number of halogens is 1. The first-order valence-corrected chi connectivity index (χ1v) is 10.9. The summed E-state index contributed by atoms with van der Waals surface area (Å²) in [5.41, 5.74) is 1.11. The molecule has 144 valence electrons. The van der Waals surface area contributed by atoms with Gasteiger partial charge < -0.3 is 10.6 Å². The number of hydrogen-bond donors (Lipinski definition) is 2. The van der Waals surface area contributed by atoms with Crippen molar-refractivity contribution < 1.29 is 8.42 Å². The fraction of sp³-hybridized carbons (Fsp3) is 0.733. The molecule has 1 saturated heterocycles. The molecule has 7 nitrogen and oxygen atoms in total. The van der Waals surface area contributed by atoms with E-state index in [-0.39, 0.29) is 30.0 Å². The Balaban J connectivity index is 0.00000312. The average molecular weight is 501 g/mol. The van der Waals surface area contributed by atoms with Crippen LogP contribution in [-0.2, 0) is 16.6 Å². The van der Waals surface area contributed by atoms with Gasteiger partial charge in [0.05, 0.1) is 18.5 Å². The van der Waals surface area contributed by atoms with Gasteiger partial charge in [0.25, 0.3) is 0 Å². The predicted octanol–water partition coefficient (Wildman–Crippen LogP) is 1.97. The van der Waals surface area contributed by atoms with Crippen molar-refractivity contribution in [2.24, 2.45) is 4.99 Å². The molecule has 2 N–H and O–H groups in total. The maximum Gasteiger partial charge on any atom is 0.211 e. The highest BCUT2D eigenvalue weighted by atomic mass is 127. The van der Waals surface area contributed by atoms with Crippen LogP contribution in [0.15, 0.2) is 10.4 Å². The highest BCUT2D eigenvalue weighted by Gasteiger charge is 2.31. The number of nitrogens with one attached hydrogen (secondary N) is 2. The number of sulfonamides is 1. The minimum absolute atomic E-state index is 0. The van der Waals surface area contributed by atoms with E-state index in [4.69, 9.17) is 0 Å². The second-order valence-electron chi connectivity index (χ2n) is 6.30. The lowest BCUT2D eigenvalue weighted by molar-refractivity contribution is 0.387. The first kappa shape index (κ1) is 22.6. The van der Waals surface area contributed by atoms with Crippen LogP contribution in [-0.4, -0.2) is 56.1 Å². The van der Waals surface area contributed by atoms with Crippen molar-refractivity contribution in [1.29, 1.82) is 0 Å². The molecule has 0 amide bonds. The summed E-state index contributed by atoms with van der Waals surface area (Å²) in [5.74, 6) is 1.09. The summed E-state index contributed by atoms with van der Waals surface area (Å²) < 4.78 is 25.1. The molecule has 0 bridgehead atoms. The van der Waals surface area contributed by atoms with Crippen LogP contribution in [0.1, 0.15) is 43.3 Å². The number of nitrogens with zero attached hydrogens (tertiary/aromatic N) is 3. The van der Waals surface area contributed by atoms with Crippen LogP contribution in [0.2, 0.25) is 0 Å². The normalized spacial score (nSPS) is 19.1. The van der Waals surface area contributed by atoms with E-state index >= 15 is 0 Å². The molecule has 1 aromatic heterocycles. The molecular formula is C15H28IN5O2S2. The van der Waals surface area contributed by atoms with Gasteiger partial charge >= 0.3 is 0 Å². The fourth-order valence-corrected chi connectivity index (χ4v) is 4.79. The van der Waals surface area contributed by atoms with E-state index in [9.17, 15) is 8.42 Å². The summed E-state index contributed by atoms with van der Waals surface area (Å²) in [4.78, 5) is 8.78. The number of rotatable bonds is 6. The lowest BCUT2D eigenvalue weighted by atomic mass is 10.2. The summed E-state index contributed by atoms with van der Waals surface area (Å²) in [6.45, 7) is 6.03. The highest BCUT2D eigenvalue weighted by Crippen LogP contribution is 2.19. The van der Waals surface area contributed by atoms with Crippen LogP contribution in [0.3, 0.4) is 0 Å². The van der Waals surface area contributed by atoms with Crippen LogP contribution in [0.25, 0.3) is 0 Å². The lowest BCUT2D eigenvalue weighted by Gasteiger charge is -2.23. The van der Waals surface area contributed by atoms with Gasteiger partial charge in [-0.15, -0.1) is 35.3 Å². The third kappa shape index (κ3) is 6.65. The molecule has 0 saturated carbocycles. The quantitative estimate of drug-likeness (QED) is 0.354. The molecule has 2 heterocycles. The van der Waals surface area contributed by atoms with E-state index in [0.717, 1.165) is 23.5 Å². The smallest absolute Gasteiger partial charge is 0.211 e. The Morgan fingerprint density at radius 1 is 1.48 bits per heavy atom. The van der Waals surface area contributed by atoms with Gasteiger partial charge in [-0.25, -0.2) is 13.4 Å². The molecule has 1 atom stereocenters. The van der Waals surface area contributed by atoms with Crippen molar-refractivity contribution in [3.05, 3.63) is 16.1 Å². The number of guanidine groups is 1. The van der Waals surface area contributed by atoms with Crippen LogP contribution in [0.5, 0.6) is 0 Å². The molecule has 1 aromatic rings. The van der Waals surface area contributed by atoms with E-state index < -0.39 is 10.0 Å². The molecule has 1 aliphatic rings. The Labute approximate surface area is 171 Å². The van der Waals surface area contributed by atoms with Crippen molar-refractivity contribution in [3.63, 3.8) is 0 Å². The van der Waals surface area contributed by atoms with E-state index in [1.54, 1.807) is 22.7 Å². The Morgan fingerprint density at radius 3 is 2.76 bits per heavy atom. The lowest BCUT2D eigenvalue weighted by Crippen LogP contribution is -2.46. The fourth-order valence-electron chi connectivity index (χ4n) is 2.72. The van der Waals surface area contributed by atoms with E-state index in [1.165, 1.54) is 6.26 Å². The Kier molecular flexibility index (Phi) is 9.05. The van der Waals surface area contributed by atoms with Crippen molar-refractivity contribution in [2.45, 2.75) is 45.2 Å². The Hall–Kier alpha value is -0.460. The summed E-state index contributed by atoms with van der Waals surface area (Å²) >= 11 is 1.63. The third-order valence-corrected chi connectivity index (χ3v) is 6.25. The number of thiazole rings is 1. The predicted molar refractivity (Wildman–Crippen MR) is 114 cm³/mol. The van der Waals surface area contributed by atoms with Crippen LogP contribution in [0, 0.1) is 0 Å². The van der Waals surface area contributed by atoms with Crippen LogP contribution >= 0.6 is 35.3 Å². The van der Waals surface area contributed by atoms with Crippen molar-refractivity contribution >= 4 is 51.3 Å². The largest absolute Gasteiger partial charge is 0.355 e. The molecule has 1 fully saturated rings. The summed E-state index contributed by atoms with van der Waals surface area (Å²) in [7, 11) is -1.43.